The molecule has 0 amide bonds. The first-order chi connectivity index (χ1) is 8.98. The Hall–Kier alpha value is -0.520. The van der Waals surface area contributed by atoms with Crippen LogP contribution in [0.2, 0.25) is 0 Å². The van der Waals surface area contributed by atoms with E-state index in [1.54, 1.807) is 18.7 Å². The summed E-state index contributed by atoms with van der Waals surface area (Å²) in [4.78, 5) is 1.20. The van der Waals surface area contributed by atoms with E-state index in [4.69, 9.17) is 0 Å². The van der Waals surface area contributed by atoms with Crippen molar-refractivity contribution in [2.45, 2.75) is 31.2 Å². The van der Waals surface area contributed by atoms with E-state index in [0.717, 1.165) is 5.75 Å². The molecule has 0 spiro atoms. The lowest BCUT2D eigenvalue weighted by atomic mass is 10.1. The van der Waals surface area contributed by atoms with Crippen LogP contribution in [0.15, 0.2) is 29.2 Å². The molecule has 1 aromatic rings. The fourth-order valence-electron chi connectivity index (χ4n) is 1.65. The van der Waals surface area contributed by atoms with Gasteiger partial charge < -0.3 is 5.32 Å². The van der Waals surface area contributed by atoms with Crippen molar-refractivity contribution in [3.8, 4) is 0 Å². The molecule has 1 atom stereocenters. The molecule has 108 valence electrons. The van der Waals surface area contributed by atoms with Gasteiger partial charge in [0.05, 0.1) is 5.75 Å². The van der Waals surface area contributed by atoms with Gasteiger partial charge in [-0.3, -0.25) is 0 Å². The molecular weight excluding hydrogens is 278 g/mol. The minimum Gasteiger partial charge on any atom is -0.313 e. The molecule has 1 aromatic carbocycles. The van der Waals surface area contributed by atoms with Gasteiger partial charge in [0.1, 0.15) is 9.84 Å². The van der Waals surface area contributed by atoms with Gasteiger partial charge >= 0.3 is 0 Å². The highest BCUT2D eigenvalue weighted by molar-refractivity contribution is 7.99. The minimum atomic E-state index is -2.82. The number of nitrogens with one attached hydrogen (secondary N) is 1. The second-order valence-electron chi connectivity index (χ2n) is 4.52. The first-order valence-electron chi connectivity index (χ1n) is 6.59. The minimum absolute atomic E-state index is 0.243. The lowest BCUT2D eigenvalue weighted by Gasteiger charge is -2.11. The van der Waals surface area contributed by atoms with Crippen LogP contribution in [0.5, 0.6) is 0 Å². The SMILES string of the molecule is CCS(=O)(=O)CCCSc1cccc(C(C)NC)c1. The molecule has 0 aliphatic rings. The molecule has 5 heteroatoms. The average molecular weight is 301 g/mol. The number of hydrogen-bond acceptors (Lipinski definition) is 4. The predicted molar refractivity (Wildman–Crippen MR) is 83.6 cm³/mol. The highest BCUT2D eigenvalue weighted by Crippen LogP contribution is 2.23. The Morgan fingerprint density at radius 3 is 2.74 bits per heavy atom. The van der Waals surface area contributed by atoms with E-state index in [2.05, 4.69) is 30.4 Å². The standard InChI is InChI=1S/C14H23NO2S2/c1-4-19(16,17)10-6-9-18-14-8-5-7-13(11-14)12(2)15-3/h5,7-8,11-12,15H,4,6,9-10H2,1-3H3. The van der Waals surface area contributed by atoms with Crippen LogP contribution < -0.4 is 5.32 Å². The average Bonchev–Trinajstić information content (AvgIpc) is 2.43. The molecule has 0 fully saturated rings. The van der Waals surface area contributed by atoms with E-state index in [1.165, 1.54) is 10.5 Å². The van der Waals surface area contributed by atoms with E-state index in [1.807, 2.05) is 13.1 Å². The zero-order chi connectivity index (χ0) is 14.3. The number of hydrogen-bond donors (Lipinski definition) is 1. The van der Waals surface area contributed by atoms with Crippen molar-refractivity contribution in [2.75, 3.05) is 24.3 Å². The smallest absolute Gasteiger partial charge is 0.150 e. The number of benzene rings is 1. The summed E-state index contributed by atoms with van der Waals surface area (Å²) in [5.41, 5.74) is 1.26. The summed E-state index contributed by atoms with van der Waals surface area (Å²) in [5.74, 6) is 1.38. The number of sulfone groups is 1. The van der Waals surface area contributed by atoms with E-state index in [0.29, 0.717) is 18.2 Å². The van der Waals surface area contributed by atoms with Crippen molar-refractivity contribution in [1.82, 2.24) is 5.32 Å². The Labute approximate surface area is 121 Å². The zero-order valence-corrected chi connectivity index (χ0v) is 13.5. The van der Waals surface area contributed by atoms with Crippen molar-refractivity contribution in [3.63, 3.8) is 0 Å². The van der Waals surface area contributed by atoms with Crippen LogP contribution in [0, 0.1) is 0 Å². The van der Waals surface area contributed by atoms with Crippen LogP contribution in [0.25, 0.3) is 0 Å². The summed E-state index contributed by atoms with van der Waals surface area (Å²) in [6.45, 7) is 3.82. The summed E-state index contributed by atoms with van der Waals surface area (Å²) in [7, 11) is -0.878. The summed E-state index contributed by atoms with van der Waals surface area (Å²) in [5, 5.41) is 3.21. The third-order valence-electron chi connectivity index (χ3n) is 3.10. The fraction of sp³-hybridized carbons (Fsp3) is 0.571. The number of thioether (sulfide) groups is 1. The largest absolute Gasteiger partial charge is 0.313 e. The van der Waals surface area contributed by atoms with Crippen LogP contribution >= 0.6 is 11.8 Å². The van der Waals surface area contributed by atoms with Gasteiger partial charge in [0.25, 0.3) is 0 Å². The van der Waals surface area contributed by atoms with Crippen molar-refractivity contribution in [3.05, 3.63) is 29.8 Å². The maximum atomic E-state index is 11.4. The van der Waals surface area contributed by atoms with Gasteiger partial charge in [0, 0.05) is 16.7 Å². The van der Waals surface area contributed by atoms with Crippen molar-refractivity contribution in [1.29, 1.82) is 0 Å². The van der Waals surface area contributed by atoms with Crippen molar-refractivity contribution < 1.29 is 8.42 Å². The summed E-state index contributed by atoms with van der Waals surface area (Å²) in [6, 6.07) is 8.73. The molecule has 1 unspecified atom stereocenters. The molecule has 0 aliphatic heterocycles. The van der Waals surface area contributed by atoms with E-state index >= 15 is 0 Å². The molecule has 0 saturated carbocycles. The Balaban J connectivity index is 2.46. The fourth-order valence-corrected chi connectivity index (χ4v) is 3.63. The van der Waals surface area contributed by atoms with E-state index in [-0.39, 0.29) is 5.75 Å². The Morgan fingerprint density at radius 1 is 1.37 bits per heavy atom. The molecule has 0 aromatic heterocycles. The van der Waals surface area contributed by atoms with Crippen LogP contribution in [0.1, 0.15) is 31.9 Å². The van der Waals surface area contributed by atoms with Crippen molar-refractivity contribution >= 4 is 21.6 Å². The van der Waals surface area contributed by atoms with E-state index in [9.17, 15) is 8.42 Å². The third-order valence-corrected chi connectivity index (χ3v) is 5.97. The number of rotatable bonds is 8. The molecule has 19 heavy (non-hydrogen) atoms. The lowest BCUT2D eigenvalue weighted by molar-refractivity contribution is 0.596. The maximum Gasteiger partial charge on any atom is 0.150 e. The summed E-state index contributed by atoms with van der Waals surface area (Å²) >= 11 is 1.72. The van der Waals surface area contributed by atoms with Crippen LogP contribution in [0.4, 0.5) is 0 Å². The second-order valence-corrected chi connectivity index (χ2v) is 8.16. The lowest BCUT2D eigenvalue weighted by Crippen LogP contribution is -2.12. The predicted octanol–water partition coefficient (Wildman–Crippen LogP) is 2.88. The first kappa shape index (κ1) is 16.5. The maximum absolute atomic E-state index is 11.4. The van der Waals surface area contributed by atoms with Gasteiger partial charge in [-0.05, 0) is 43.8 Å². The molecule has 0 radical (unpaired) electrons. The highest BCUT2D eigenvalue weighted by Gasteiger charge is 2.07. The van der Waals surface area contributed by atoms with Gasteiger partial charge in [-0.2, -0.15) is 0 Å². The molecule has 0 saturated heterocycles. The van der Waals surface area contributed by atoms with Crippen molar-refractivity contribution in [2.24, 2.45) is 0 Å². The van der Waals surface area contributed by atoms with E-state index < -0.39 is 9.84 Å². The van der Waals surface area contributed by atoms with Gasteiger partial charge in [-0.15, -0.1) is 11.8 Å². The molecule has 0 heterocycles. The van der Waals surface area contributed by atoms with Crippen LogP contribution in [-0.4, -0.2) is 32.7 Å². The highest BCUT2D eigenvalue weighted by atomic mass is 32.2. The quantitative estimate of drug-likeness (QED) is 0.592. The molecule has 3 nitrogen and oxygen atoms in total. The Morgan fingerprint density at radius 2 is 2.11 bits per heavy atom. The van der Waals surface area contributed by atoms with Gasteiger partial charge in [-0.25, -0.2) is 8.42 Å². The molecule has 1 N–H and O–H groups in total. The van der Waals surface area contributed by atoms with Gasteiger partial charge in [-0.1, -0.05) is 19.1 Å². The molecule has 1 rings (SSSR count). The zero-order valence-electron chi connectivity index (χ0n) is 11.8. The monoisotopic (exact) mass is 301 g/mol. The summed E-state index contributed by atoms with van der Waals surface area (Å²) < 4.78 is 22.8. The molecule has 0 bridgehead atoms. The molecular formula is C14H23NO2S2. The summed E-state index contributed by atoms with van der Waals surface area (Å²) in [6.07, 6.45) is 0.715. The first-order valence-corrected chi connectivity index (χ1v) is 9.39. The Bertz CT molecular complexity index is 486. The van der Waals surface area contributed by atoms with Crippen LogP contribution in [0.3, 0.4) is 0 Å². The Kier molecular flexibility index (Phi) is 6.89. The molecule has 0 aliphatic carbocycles. The van der Waals surface area contributed by atoms with Gasteiger partial charge in [0.2, 0.25) is 0 Å². The van der Waals surface area contributed by atoms with Gasteiger partial charge in [0.15, 0.2) is 0 Å². The normalized spacial score (nSPS) is 13.4. The second kappa shape index (κ2) is 7.92. The third kappa shape index (κ3) is 5.97. The topological polar surface area (TPSA) is 46.2 Å². The van der Waals surface area contributed by atoms with Crippen LogP contribution in [-0.2, 0) is 9.84 Å².